The maximum Gasteiger partial charge on any atom is 0.254 e. The second kappa shape index (κ2) is 9.36. The summed E-state index contributed by atoms with van der Waals surface area (Å²) in [4.78, 5) is 27.0. The number of carbonyl (C=O) groups is 2. The normalized spacial score (nSPS) is 19.3. The molecule has 27 heavy (non-hydrogen) atoms. The van der Waals surface area contributed by atoms with Gasteiger partial charge in [-0.25, -0.2) is 0 Å². The first kappa shape index (κ1) is 19.2. The van der Waals surface area contributed by atoms with Crippen LogP contribution >= 0.6 is 0 Å². The Balaban J connectivity index is 1.83. The van der Waals surface area contributed by atoms with Crippen LogP contribution < -0.4 is 5.32 Å². The highest BCUT2D eigenvalue weighted by Gasteiger charge is 2.33. The molecule has 4 nitrogen and oxygen atoms in total. The molecule has 2 aromatic carbocycles. The van der Waals surface area contributed by atoms with E-state index in [1.807, 2.05) is 53.4 Å². The third kappa shape index (κ3) is 5.19. The van der Waals surface area contributed by atoms with Crippen molar-refractivity contribution in [3.8, 4) is 0 Å². The first-order valence-electron chi connectivity index (χ1n) is 9.82. The van der Waals surface area contributed by atoms with Crippen LogP contribution in [0.3, 0.4) is 0 Å². The van der Waals surface area contributed by atoms with Crippen LogP contribution in [0.2, 0.25) is 0 Å². The van der Waals surface area contributed by atoms with Crippen LogP contribution in [-0.2, 0) is 11.2 Å². The van der Waals surface area contributed by atoms with E-state index >= 15 is 0 Å². The number of hydrogen-bond acceptors (Lipinski definition) is 2. The maximum atomic E-state index is 13.3. The number of amides is 2. The number of carbonyl (C=O) groups excluding carboxylic acids is 2. The molecule has 3 rings (SSSR count). The van der Waals surface area contributed by atoms with Gasteiger partial charge in [-0.3, -0.25) is 9.59 Å². The molecule has 0 bridgehead atoms. The van der Waals surface area contributed by atoms with Crippen molar-refractivity contribution in [2.75, 3.05) is 6.54 Å². The molecule has 2 aromatic rings. The second-order valence-electron chi connectivity index (χ2n) is 7.26. The highest BCUT2D eigenvalue weighted by molar-refractivity contribution is 5.94. The van der Waals surface area contributed by atoms with Crippen molar-refractivity contribution in [1.82, 2.24) is 10.2 Å². The molecule has 0 saturated heterocycles. The van der Waals surface area contributed by atoms with Crippen molar-refractivity contribution >= 4 is 11.8 Å². The lowest BCUT2D eigenvalue weighted by atomic mass is 9.88. The molecule has 1 fully saturated rings. The minimum atomic E-state index is -0.0259. The molecule has 2 atom stereocenters. The fourth-order valence-electron chi connectivity index (χ4n) is 3.97. The highest BCUT2D eigenvalue weighted by Crippen LogP contribution is 2.25. The van der Waals surface area contributed by atoms with Gasteiger partial charge in [-0.15, -0.1) is 0 Å². The first-order chi connectivity index (χ1) is 13.1. The average molecular weight is 364 g/mol. The van der Waals surface area contributed by atoms with Gasteiger partial charge in [-0.2, -0.15) is 0 Å². The van der Waals surface area contributed by atoms with Crippen LogP contribution in [0.4, 0.5) is 0 Å². The van der Waals surface area contributed by atoms with Gasteiger partial charge >= 0.3 is 0 Å². The number of nitrogens with one attached hydrogen (secondary N) is 1. The molecule has 0 heterocycles. The Morgan fingerprint density at radius 3 is 2.26 bits per heavy atom. The Hall–Kier alpha value is -2.62. The van der Waals surface area contributed by atoms with Crippen LogP contribution in [0.1, 0.15) is 48.5 Å². The van der Waals surface area contributed by atoms with E-state index in [4.69, 9.17) is 0 Å². The Bertz CT molecular complexity index is 745. The van der Waals surface area contributed by atoms with Gasteiger partial charge in [0.15, 0.2) is 0 Å². The van der Waals surface area contributed by atoms with Crippen molar-refractivity contribution in [2.24, 2.45) is 0 Å². The van der Waals surface area contributed by atoms with E-state index < -0.39 is 0 Å². The van der Waals surface area contributed by atoms with Crippen LogP contribution in [0, 0.1) is 0 Å². The zero-order valence-electron chi connectivity index (χ0n) is 15.9. The third-order valence-corrected chi connectivity index (χ3v) is 5.28. The molecule has 0 aliphatic heterocycles. The zero-order valence-corrected chi connectivity index (χ0v) is 15.9. The molecule has 1 aliphatic carbocycles. The monoisotopic (exact) mass is 364 g/mol. The van der Waals surface area contributed by atoms with Crippen molar-refractivity contribution in [3.05, 3.63) is 71.8 Å². The standard InChI is InChI=1S/C23H28N2O2/c1-18(26)24-21-14-8-9-15-22(21)25(17-16-19-10-4-2-5-11-19)23(27)20-12-6-3-7-13-20/h2-7,10-13,21-22H,8-9,14-17H2,1H3,(H,24,26)/t21-,22-/m1/s1. The molecule has 2 amide bonds. The Kier molecular flexibility index (Phi) is 6.64. The van der Waals surface area contributed by atoms with E-state index in [1.54, 1.807) is 6.92 Å². The first-order valence-corrected chi connectivity index (χ1v) is 9.82. The Labute approximate surface area is 161 Å². The summed E-state index contributed by atoms with van der Waals surface area (Å²) in [7, 11) is 0. The average Bonchev–Trinajstić information content (AvgIpc) is 2.70. The minimum absolute atomic E-state index is 0.0259. The predicted molar refractivity (Wildman–Crippen MR) is 107 cm³/mol. The lowest BCUT2D eigenvalue weighted by Gasteiger charge is -2.40. The summed E-state index contributed by atoms with van der Waals surface area (Å²) in [6.45, 7) is 2.21. The quantitative estimate of drug-likeness (QED) is 0.847. The van der Waals surface area contributed by atoms with Crippen molar-refractivity contribution in [3.63, 3.8) is 0 Å². The summed E-state index contributed by atoms with van der Waals surface area (Å²) in [6, 6.07) is 19.8. The highest BCUT2D eigenvalue weighted by atomic mass is 16.2. The molecule has 142 valence electrons. The molecule has 0 unspecified atom stereocenters. The lowest BCUT2D eigenvalue weighted by Crippen LogP contribution is -2.55. The molecular formula is C23H28N2O2. The molecule has 1 N–H and O–H groups in total. The number of hydrogen-bond donors (Lipinski definition) is 1. The van der Waals surface area contributed by atoms with Crippen LogP contribution in [0.25, 0.3) is 0 Å². The lowest BCUT2D eigenvalue weighted by molar-refractivity contribution is -0.120. The van der Waals surface area contributed by atoms with Crippen LogP contribution in [0.5, 0.6) is 0 Å². The van der Waals surface area contributed by atoms with E-state index in [0.29, 0.717) is 12.1 Å². The van der Waals surface area contributed by atoms with Gasteiger partial charge in [0.05, 0.1) is 6.04 Å². The largest absolute Gasteiger partial charge is 0.352 e. The van der Waals surface area contributed by atoms with Crippen molar-refractivity contribution in [2.45, 2.75) is 51.1 Å². The summed E-state index contributed by atoms with van der Waals surface area (Å²) in [5.74, 6) is 0.0239. The molecule has 1 aliphatic rings. The van der Waals surface area contributed by atoms with Crippen LogP contribution in [-0.4, -0.2) is 35.3 Å². The van der Waals surface area contributed by atoms with E-state index in [-0.39, 0.29) is 23.9 Å². The molecular weight excluding hydrogens is 336 g/mol. The van der Waals surface area contributed by atoms with E-state index in [0.717, 1.165) is 32.1 Å². The molecule has 4 heteroatoms. The molecule has 0 radical (unpaired) electrons. The van der Waals surface area contributed by atoms with Gasteiger partial charge in [0.1, 0.15) is 0 Å². The molecule has 1 saturated carbocycles. The topological polar surface area (TPSA) is 49.4 Å². The molecule has 0 aromatic heterocycles. The third-order valence-electron chi connectivity index (χ3n) is 5.28. The number of rotatable bonds is 6. The van der Waals surface area contributed by atoms with E-state index in [1.165, 1.54) is 5.56 Å². The van der Waals surface area contributed by atoms with E-state index in [2.05, 4.69) is 17.4 Å². The fraction of sp³-hybridized carbons (Fsp3) is 0.391. The van der Waals surface area contributed by atoms with Crippen molar-refractivity contribution in [1.29, 1.82) is 0 Å². The summed E-state index contributed by atoms with van der Waals surface area (Å²) in [5.41, 5.74) is 1.92. The van der Waals surface area contributed by atoms with Gasteiger partial charge < -0.3 is 10.2 Å². The molecule has 0 spiro atoms. The Morgan fingerprint density at radius 2 is 1.59 bits per heavy atom. The summed E-state index contributed by atoms with van der Waals surface area (Å²) in [6.07, 6.45) is 4.84. The minimum Gasteiger partial charge on any atom is -0.352 e. The fourth-order valence-corrected chi connectivity index (χ4v) is 3.97. The number of nitrogens with zero attached hydrogens (tertiary/aromatic N) is 1. The summed E-state index contributed by atoms with van der Waals surface area (Å²) in [5, 5.41) is 3.08. The van der Waals surface area contributed by atoms with Gasteiger partial charge in [0.25, 0.3) is 5.91 Å². The predicted octanol–water partition coefficient (Wildman–Crippen LogP) is 3.82. The maximum absolute atomic E-state index is 13.3. The SMILES string of the molecule is CC(=O)N[C@@H]1CCCC[C@H]1N(CCc1ccccc1)C(=O)c1ccccc1. The number of benzene rings is 2. The smallest absolute Gasteiger partial charge is 0.254 e. The van der Waals surface area contributed by atoms with Gasteiger partial charge in [0, 0.05) is 25.1 Å². The summed E-state index contributed by atoms with van der Waals surface area (Å²) < 4.78 is 0. The summed E-state index contributed by atoms with van der Waals surface area (Å²) >= 11 is 0. The van der Waals surface area contributed by atoms with Gasteiger partial charge in [0.2, 0.25) is 5.91 Å². The van der Waals surface area contributed by atoms with Gasteiger partial charge in [-0.1, -0.05) is 61.4 Å². The van der Waals surface area contributed by atoms with Crippen LogP contribution in [0.15, 0.2) is 60.7 Å². The second-order valence-corrected chi connectivity index (χ2v) is 7.26. The van der Waals surface area contributed by atoms with Gasteiger partial charge in [-0.05, 0) is 37.0 Å². The van der Waals surface area contributed by atoms with E-state index in [9.17, 15) is 9.59 Å². The Morgan fingerprint density at radius 1 is 0.963 bits per heavy atom. The van der Waals surface area contributed by atoms with Crippen molar-refractivity contribution < 1.29 is 9.59 Å². The zero-order chi connectivity index (χ0) is 19.1.